The number of Topliss-reactive ketones (excluding diaryl/α,β-unsaturated/α-hetero) is 1. The van der Waals surface area contributed by atoms with E-state index in [4.69, 9.17) is 0 Å². The van der Waals surface area contributed by atoms with E-state index in [0.29, 0.717) is 12.2 Å². The van der Waals surface area contributed by atoms with Gasteiger partial charge in [0.25, 0.3) is 0 Å². The standard InChI is InChI=1S/C15H16N2O/c1-2-11-10-17(14-8-3-4-9-16-14)12-6-5-7-13(18)15(11)12/h3-4,8-10H,2,5-7H2,1H3. The molecule has 2 heterocycles. The van der Waals surface area contributed by atoms with Gasteiger partial charge in [-0.2, -0.15) is 0 Å². The van der Waals surface area contributed by atoms with E-state index >= 15 is 0 Å². The van der Waals surface area contributed by atoms with Gasteiger partial charge in [-0.15, -0.1) is 0 Å². The second-order valence-corrected chi connectivity index (χ2v) is 4.66. The molecule has 0 saturated carbocycles. The van der Waals surface area contributed by atoms with Crippen LogP contribution in [-0.2, 0) is 12.8 Å². The fourth-order valence-corrected chi connectivity index (χ4v) is 2.70. The zero-order chi connectivity index (χ0) is 12.5. The average Bonchev–Trinajstić information content (AvgIpc) is 2.80. The van der Waals surface area contributed by atoms with Crippen molar-refractivity contribution < 1.29 is 4.79 Å². The quantitative estimate of drug-likeness (QED) is 0.809. The molecule has 2 aromatic heterocycles. The van der Waals surface area contributed by atoms with Crippen molar-refractivity contribution in [2.75, 3.05) is 0 Å². The molecule has 1 aliphatic rings. The Hall–Kier alpha value is -1.90. The Kier molecular flexibility index (Phi) is 2.74. The second-order valence-electron chi connectivity index (χ2n) is 4.66. The third-order valence-electron chi connectivity index (χ3n) is 3.56. The molecule has 0 bridgehead atoms. The van der Waals surface area contributed by atoms with Crippen LogP contribution >= 0.6 is 0 Å². The van der Waals surface area contributed by atoms with Crippen LogP contribution in [0.1, 0.15) is 41.4 Å². The first-order valence-corrected chi connectivity index (χ1v) is 6.49. The molecule has 92 valence electrons. The molecule has 0 fully saturated rings. The van der Waals surface area contributed by atoms with Crippen molar-refractivity contribution in [2.45, 2.75) is 32.6 Å². The summed E-state index contributed by atoms with van der Waals surface area (Å²) in [6.07, 6.45) is 7.37. The molecule has 0 atom stereocenters. The highest BCUT2D eigenvalue weighted by atomic mass is 16.1. The van der Waals surface area contributed by atoms with Gasteiger partial charge in [-0.25, -0.2) is 4.98 Å². The van der Waals surface area contributed by atoms with Gasteiger partial charge in [0.15, 0.2) is 5.78 Å². The smallest absolute Gasteiger partial charge is 0.164 e. The number of nitrogens with zero attached hydrogens (tertiary/aromatic N) is 2. The van der Waals surface area contributed by atoms with E-state index in [-0.39, 0.29) is 0 Å². The monoisotopic (exact) mass is 240 g/mol. The van der Waals surface area contributed by atoms with Crippen molar-refractivity contribution in [2.24, 2.45) is 0 Å². The van der Waals surface area contributed by atoms with Crippen LogP contribution in [-0.4, -0.2) is 15.3 Å². The molecule has 3 rings (SSSR count). The van der Waals surface area contributed by atoms with E-state index in [1.54, 1.807) is 6.20 Å². The Morgan fingerprint density at radius 3 is 2.94 bits per heavy atom. The van der Waals surface area contributed by atoms with Crippen molar-refractivity contribution in [1.29, 1.82) is 0 Å². The molecule has 0 amide bonds. The van der Waals surface area contributed by atoms with E-state index in [1.165, 1.54) is 0 Å². The summed E-state index contributed by atoms with van der Waals surface area (Å²) in [6.45, 7) is 2.10. The lowest BCUT2D eigenvalue weighted by atomic mass is 9.93. The molecule has 0 saturated heterocycles. The molecule has 0 spiro atoms. The summed E-state index contributed by atoms with van der Waals surface area (Å²) in [5, 5.41) is 0. The maximum atomic E-state index is 12.1. The lowest BCUT2D eigenvalue weighted by molar-refractivity contribution is 0.0971. The number of carbonyl (C=O) groups excluding carboxylic acids is 1. The maximum absolute atomic E-state index is 12.1. The topological polar surface area (TPSA) is 34.9 Å². The zero-order valence-electron chi connectivity index (χ0n) is 10.5. The van der Waals surface area contributed by atoms with E-state index in [0.717, 1.165) is 41.9 Å². The summed E-state index contributed by atoms with van der Waals surface area (Å²) < 4.78 is 2.09. The van der Waals surface area contributed by atoms with Gasteiger partial charge >= 0.3 is 0 Å². The first-order valence-electron chi connectivity index (χ1n) is 6.49. The van der Waals surface area contributed by atoms with E-state index in [2.05, 4.69) is 22.7 Å². The maximum Gasteiger partial charge on any atom is 0.164 e. The molecular weight excluding hydrogens is 224 g/mol. The highest BCUT2D eigenvalue weighted by Gasteiger charge is 2.25. The lowest BCUT2D eigenvalue weighted by Gasteiger charge is -2.14. The minimum Gasteiger partial charge on any atom is -0.305 e. The van der Waals surface area contributed by atoms with Crippen molar-refractivity contribution in [3.8, 4) is 5.82 Å². The van der Waals surface area contributed by atoms with Gasteiger partial charge in [0.1, 0.15) is 5.82 Å². The molecule has 18 heavy (non-hydrogen) atoms. The van der Waals surface area contributed by atoms with Gasteiger partial charge in [0.2, 0.25) is 0 Å². The van der Waals surface area contributed by atoms with Gasteiger partial charge in [0.05, 0.1) is 0 Å². The third-order valence-corrected chi connectivity index (χ3v) is 3.56. The summed E-state index contributed by atoms with van der Waals surface area (Å²) in [6, 6.07) is 5.87. The van der Waals surface area contributed by atoms with Crippen LogP contribution in [0.2, 0.25) is 0 Å². The summed E-state index contributed by atoms with van der Waals surface area (Å²) in [5.74, 6) is 1.20. The number of ketones is 1. The van der Waals surface area contributed by atoms with Crippen LogP contribution in [0.3, 0.4) is 0 Å². The van der Waals surface area contributed by atoms with Gasteiger partial charge in [-0.1, -0.05) is 13.0 Å². The molecule has 0 radical (unpaired) electrons. The van der Waals surface area contributed by atoms with Gasteiger partial charge in [-0.05, 0) is 37.0 Å². The summed E-state index contributed by atoms with van der Waals surface area (Å²) in [7, 11) is 0. The molecule has 0 N–H and O–H groups in total. The van der Waals surface area contributed by atoms with Gasteiger partial charge in [-0.3, -0.25) is 4.79 Å². The van der Waals surface area contributed by atoms with E-state index in [9.17, 15) is 4.79 Å². The molecule has 0 aromatic carbocycles. The first-order chi connectivity index (χ1) is 8.81. The van der Waals surface area contributed by atoms with Crippen LogP contribution in [0.4, 0.5) is 0 Å². The number of fused-ring (bicyclic) bond motifs is 1. The number of rotatable bonds is 2. The second kappa shape index (κ2) is 4.41. The third kappa shape index (κ3) is 1.67. The summed E-state index contributed by atoms with van der Waals surface area (Å²) in [4.78, 5) is 16.5. The molecule has 3 nitrogen and oxygen atoms in total. The molecular formula is C15H16N2O. The molecule has 3 heteroatoms. The molecule has 0 aliphatic heterocycles. The number of hydrogen-bond donors (Lipinski definition) is 0. The Morgan fingerprint density at radius 1 is 1.33 bits per heavy atom. The Labute approximate surface area is 106 Å². The first kappa shape index (κ1) is 11.2. The number of pyridine rings is 1. The fourth-order valence-electron chi connectivity index (χ4n) is 2.70. The number of carbonyl (C=O) groups is 1. The van der Waals surface area contributed by atoms with Crippen molar-refractivity contribution >= 4 is 5.78 Å². The van der Waals surface area contributed by atoms with E-state index < -0.39 is 0 Å². The molecule has 0 unspecified atom stereocenters. The highest BCUT2D eigenvalue weighted by Crippen LogP contribution is 2.28. The Morgan fingerprint density at radius 2 is 2.22 bits per heavy atom. The Balaban J connectivity index is 2.20. The predicted octanol–water partition coefficient (Wildman–Crippen LogP) is 2.95. The minimum atomic E-state index is 0.294. The minimum absolute atomic E-state index is 0.294. The highest BCUT2D eigenvalue weighted by molar-refractivity contribution is 5.99. The van der Waals surface area contributed by atoms with Crippen LogP contribution in [0, 0.1) is 0 Å². The number of aromatic nitrogens is 2. The number of hydrogen-bond acceptors (Lipinski definition) is 2. The molecule has 1 aliphatic carbocycles. The van der Waals surface area contributed by atoms with Gasteiger partial charge in [0, 0.05) is 30.1 Å². The molecule has 2 aromatic rings. The summed E-state index contributed by atoms with van der Waals surface area (Å²) in [5.41, 5.74) is 3.25. The largest absolute Gasteiger partial charge is 0.305 e. The average molecular weight is 240 g/mol. The van der Waals surface area contributed by atoms with Crippen molar-refractivity contribution in [1.82, 2.24) is 9.55 Å². The van der Waals surface area contributed by atoms with Gasteiger partial charge < -0.3 is 4.57 Å². The normalized spacial score (nSPS) is 14.6. The van der Waals surface area contributed by atoms with Crippen LogP contribution in [0.15, 0.2) is 30.6 Å². The summed E-state index contributed by atoms with van der Waals surface area (Å²) >= 11 is 0. The zero-order valence-corrected chi connectivity index (χ0v) is 10.5. The van der Waals surface area contributed by atoms with Crippen molar-refractivity contribution in [3.05, 3.63) is 47.4 Å². The van der Waals surface area contributed by atoms with Crippen LogP contribution in [0.5, 0.6) is 0 Å². The SMILES string of the molecule is CCc1cn(-c2ccccn2)c2c1C(=O)CCC2. The number of aryl methyl sites for hydroxylation is 1. The van der Waals surface area contributed by atoms with Crippen LogP contribution in [0.25, 0.3) is 5.82 Å². The van der Waals surface area contributed by atoms with Crippen molar-refractivity contribution in [3.63, 3.8) is 0 Å². The fraction of sp³-hybridized carbons (Fsp3) is 0.333. The van der Waals surface area contributed by atoms with Crippen LogP contribution < -0.4 is 0 Å². The Bertz CT molecular complexity index is 584. The predicted molar refractivity (Wildman–Crippen MR) is 70.2 cm³/mol. The lowest BCUT2D eigenvalue weighted by Crippen LogP contribution is -2.13. The van der Waals surface area contributed by atoms with E-state index in [1.807, 2.05) is 18.2 Å².